The number of nitrogens with one attached hydrogen (secondary N) is 1. The van der Waals surface area contributed by atoms with E-state index in [0.29, 0.717) is 38.2 Å². The van der Waals surface area contributed by atoms with E-state index in [1.807, 2.05) is 28.8 Å². The molecule has 8 heteroatoms. The maximum atomic E-state index is 13.2. The zero-order valence-electron chi connectivity index (χ0n) is 19.7. The fourth-order valence-corrected chi connectivity index (χ4v) is 4.79. The van der Waals surface area contributed by atoms with Gasteiger partial charge in [0.15, 0.2) is 5.69 Å². The van der Waals surface area contributed by atoms with E-state index in [2.05, 4.69) is 17.2 Å². The fraction of sp³-hybridized carbons (Fsp3) is 0.370. The summed E-state index contributed by atoms with van der Waals surface area (Å²) >= 11 is 0. The van der Waals surface area contributed by atoms with Crippen molar-refractivity contribution in [1.82, 2.24) is 14.5 Å². The molecule has 1 saturated heterocycles. The second kappa shape index (κ2) is 10.00. The van der Waals surface area contributed by atoms with Crippen LogP contribution in [-0.4, -0.2) is 39.4 Å². The first kappa shape index (κ1) is 23.2. The number of imidazole rings is 1. The molecule has 0 aliphatic carbocycles. The summed E-state index contributed by atoms with van der Waals surface area (Å²) in [5, 5.41) is 3.02. The molecule has 0 bridgehead atoms. The number of nitrogens with zero attached hydrogens (tertiary/aromatic N) is 3. The van der Waals surface area contributed by atoms with Crippen molar-refractivity contribution in [3.63, 3.8) is 0 Å². The summed E-state index contributed by atoms with van der Waals surface area (Å²) in [4.78, 5) is 32.1. The Morgan fingerprint density at radius 2 is 1.91 bits per heavy atom. The average Bonchev–Trinajstić information content (AvgIpc) is 3.32. The summed E-state index contributed by atoms with van der Waals surface area (Å²) < 4.78 is 21.2. The standard InChI is InChI=1S/C27H29FN4O3/c1-2-18-4-3-5-22(14-18)30-26(33)20-10-12-31(13-11-20)27(34)25-23-16-35-24(15-32(23)17-29-25)19-6-8-21(28)9-7-19/h3-9,14,17,20,24H,2,10-13,15-16H2,1H3,(H,30,33)/t24-/m1/s1. The van der Waals surface area contributed by atoms with Crippen LogP contribution in [0.25, 0.3) is 0 Å². The highest BCUT2D eigenvalue weighted by Gasteiger charge is 2.32. The number of aryl methyl sites for hydroxylation is 1. The number of hydrogen-bond donors (Lipinski definition) is 1. The highest BCUT2D eigenvalue weighted by atomic mass is 19.1. The van der Waals surface area contributed by atoms with Crippen LogP contribution >= 0.6 is 0 Å². The van der Waals surface area contributed by atoms with Crippen LogP contribution in [0.3, 0.4) is 0 Å². The lowest BCUT2D eigenvalue weighted by molar-refractivity contribution is -0.121. The molecule has 1 N–H and O–H groups in total. The van der Waals surface area contributed by atoms with Crippen molar-refractivity contribution in [2.24, 2.45) is 5.92 Å². The number of aromatic nitrogens is 2. The van der Waals surface area contributed by atoms with Crippen LogP contribution in [0.2, 0.25) is 0 Å². The lowest BCUT2D eigenvalue weighted by atomic mass is 9.95. The molecule has 182 valence electrons. The number of carbonyl (C=O) groups is 2. The lowest BCUT2D eigenvalue weighted by Crippen LogP contribution is -2.42. The van der Waals surface area contributed by atoms with Crippen molar-refractivity contribution in [3.8, 4) is 0 Å². The molecule has 0 unspecified atom stereocenters. The van der Waals surface area contributed by atoms with E-state index in [0.717, 1.165) is 23.4 Å². The Kier molecular flexibility index (Phi) is 6.63. The zero-order valence-corrected chi connectivity index (χ0v) is 19.7. The van der Waals surface area contributed by atoms with Crippen molar-refractivity contribution in [2.45, 2.75) is 45.4 Å². The largest absolute Gasteiger partial charge is 0.365 e. The Morgan fingerprint density at radius 1 is 1.14 bits per heavy atom. The number of piperidine rings is 1. The predicted molar refractivity (Wildman–Crippen MR) is 129 cm³/mol. The number of likely N-dealkylation sites (tertiary alicyclic amines) is 1. The van der Waals surface area contributed by atoms with Crippen LogP contribution in [0.15, 0.2) is 54.9 Å². The number of rotatable bonds is 5. The second-order valence-electron chi connectivity index (χ2n) is 9.15. The third-order valence-corrected chi connectivity index (χ3v) is 6.93. The van der Waals surface area contributed by atoms with Crippen molar-refractivity contribution < 1.29 is 18.7 Å². The molecule has 3 heterocycles. The summed E-state index contributed by atoms with van der Waals surface area (Å²) in [6, 6.07) is 14.2. The molecular weight excluding hydrogens is 447 g/mol. The molecule has 2 aromatic carbocycles. The molecule has 2 aliphatic heterocycles. The molecule has 7 nitrogen and oxygen atoms in total. The smallest absolute Gasteiger partial charge is 0.274 e. The maximum Gasteiger partial charge on any atom is 0.274 e. The second-order valence-corrected chi connectivity index (χ2v) is 9.15. The van der Waals surface area contributed by atoms with Crippen LogP contribution in [0.1, 0.15) is 53.2 Å². The van der Waals surface area contributed by atoms with Crippen molar-refractivity contribution >= 4 is 17.5 Å². The van der Waals surface area contributed by atoms with Crippen molar-refractivity contribution in [3.05, 3.63) is 83.2 Å². The number of ether oxygens (including phenoxy) is 1. The number of anilines is 1. The number of amides is 2. The van der Waals surface area contributed by atoms with Gasteiger partial charge in [0.05, 0.1) is 25.2 Å². The molecule has 1 aromatic heterocycles. The maximum absolute atomic E-state index is 13.2. The third kappa shape index (κ3) is 4.98. The van der Waals surface area contributed by atoms with Gasteiger partial charge in [0.2, 0.25) is 5.91 Å². The zero-order chi connectivity index (χ0) is 24.4. The molecule has 35 heavy (non-hydrogen) atoms. The quantitative estimate of drug-likeness (QED) is 0.594. The molecule has 3 aromatic rings. The topological polar surface area (TPSA) is 76.5 Å². The summed E-state index contributed by atoms with van der Waals surface area (Å²) in [6.45, 7) is 3.89. The van der Waals surface area contributed by atoms with E-state index in [1.54, 1.807) is 23.4 Å². The SMILES string of the molecule is CCc1cccc(NC(=O)C2CCN(C(=O)c3ncn4c3CO[C@@H](c3ccc(F)cc3)C4)CC2)c1. The Balaban J connectivity index is 1.18. The molecule has 5 rings (SSSR count). The van der Waals surface area contributed by atoms with Gasteiger partial charge >= 0.3 is 0 Å². The fourth-order valence-electron chi connectivity index (χ4n) is 4.79. The minimum atomic E-state index is -0.285. The Hall–Kier alpha value is -3.52. The van der Waals surface area contributed by atoms with Crippen molar-refractivity contribution in [1.29, 1.82) is 0 Å². The highest BCUT2D eigenvalue weighted by molar-refractivity contribution is 5.95. The van der Waals surface area contributed by atoms with Crippen molar-refractivity contribution in [2.75, 3.05) is 18.4 Å². The molecule has 2 aliphatic rings. The molecular formula is C27H29FN4O3. The molecule has 2 amide bonds. The molecule has 0 saturated carbocycles. The molecule has 0 spiro atoms. The van der Waals surface area contributed by atoms with Gasteiger partial charge in [0.1, 0.15) is 11.9 Å². The van der Waals surface area contributed by atoms with Crippen LogP contribution in [0.5, 0.6) is 0 Å². The van der Waals surface area contributed by atoms with Gasteiger partial charge in [-0.3, -0.25) is 9.59 Å². The van der Waals surface area contributed by atoms with Gasteiger partial charge in [-0.25, -0.2) is 9.37 Å². The van der Waals surface area contributed by atoms with Gasteiger partial charge < -0.3 is 19.5 Å². The van der Waals surface area contributed by atoms with Gasteiger partial charge in [0, 0.05) is 24.7 Å². The van der Waals surface area contributed by atoms with Gasteiger partial charge in [-0.05, 0) is 54.7 Å². The summed E-state index contributed by atoms with van der Waals surface area (Å²) in [7, 11) is 0. The number of benzene rings is 2. The number of halogens is 1. The van der Waals surface area contributed by atoms with E-state index in [4.69, 9.17) is 4.74 Å². The van der Waals surface area contributed by atoms with E-state index in [-0.39, 0.29) is 36.3 Å². The van der Waals surface area contributed by atoms with E-state index >= 15 is 0 Å². The summed E-state index contributed by atoms with van der Waals surface area (Å²) in [6.07, 6.45) is 3.60. The van der Waals surface area contributed by atoms with Gasteiger partial charge in [0.25, 0.3) is 5.91 Å². The average molecular weight is 477 g/mol. The van der Waals surface area contributed by atoms with Gasteiger partial charge in [-0.2, -0.15) is 0 Å². The third-order valence-electron chi connectivity index (χ3n) is 6.93. The van der Waals surface area contributed by atoms with E-state index in [9.17, 15) is 14.0 Å². The molecule has 0 radical (unpaired) electrons. The number of fused-ring (bicyclic) bond motifs is 1. The first-order valence-corrected chi connectivity index (χ1v) is 12.1. The molecule has 1 fully saturated rings. The number of hydrogen-bond acceptors (Lipinski definition) is 4. The van der Waals surface area contributed by atoms with Crippen LogP contribution in [-0.2, 0) is 29.1 Å². The van der Waals surface area contributed by atoms with E-state index < -0.39 is 0 Å². The minimum absolute atomic E-state index is 0.00459. The van der Waals surface area contributed by atoms with Gasteiger partial charge in [-0.1, -0.05) is 31.2 Å². The first-order valence-electron chi connectivity index (χ1n) is 12.1. The van der Waals surface area contributed by atoms with Crippen LogP contribution in [0.4, 0.5) is 10.1 Å². The van der Waals surface area contributed by atoms with Crippen LogP contribution in [0, 0.1) is 11.7 Å². The molecule has 1 atom stereocenters. The summed E-state index contributed by atoms with van der Waals surface area (Å²) in [5.41, 5.74) is 4.04. The van der Waals surface area contributed by atoms with Gasteiger partial charge in [-0.15, -0.1) is 0 Å². The predicted octanol–water partition coefficient (Wildman–Crippen LogP) is 4.35. The lowest BCUT2D eigenvalue weighted by Gasteiger charge is -2.31. The minimum Gasteiger partial charge on any atom is -0.365 e. The Bertz CT molecular complexity index is 1220. The normalized spacial score (nSPS) is 18.2. The highest BCUT2D eigenvalue weighted by Crippen LogP contribution is 2.29. The summed E-state index contributed by atoms with van der Waals surface area (Å²) in [5.74, 6) is -0.533. The number of carbonyl (C=O) groups excluding carboxylic acids is 2. The Labute approximate surface area is 203 Å². The monoisotopic (exact) mass is 476 g/mol. The first-order chi connectivity index (χ1) is 17.0. The Morgan fingerprint density at radius 3 is 2.66 bits per heavy atom. The van der Waals surface area contributed by atoms with Crippen LogP contribution < -0.4 is 5.32 Å². The van der Waals surface area contributed by atoms with E-state index in [1.165, 1.54) is 17.7 Å².